The number of nitrogens with zero attached hydrogens (tertiary/aromatic N) is 2. The minimum atomic E-state index is -0.477. The fraction of sp³-hybridized carbons (Fsp3) is 0.400. The Labute approximate surface area is 176 Å². The first-order valence-electron chi connectivity index (χ1n) is 9.13. The van der Waals surface area contributed by atoms with Crippen LogP contribution in [-0.4, -0.2) is 39.2 Å². The molecule has 4 rings (SSSR count). The van der Waals surface area contributed by atoms with Gasteiger partial charge in [-0.15, -0.1) is 21.5 Å². The SMILES string of the molecule is Cc1ccsc1-c1nnc(Cc2cc(C3CC(O)CC(CO)O3)ccc2Cl)s1. The molecule has 3 aromatic rings. The zero-order chi connectivity index (χ0) is 19.7. The fourth-order valence-electron chi connectivity index (χ4n) is 3.42. The molecule has 5 nitrogen and oxygen atoms in total. The second-order valence-electron chi connectivity index (χ2n) is 7.02. The molecule has 0 aliphatic carbocycles. The number of aryl methyl sites for hydroxylation is 1. The Morgan fingerprint density at radius 2 is 2.11 bits per heavy atom. The van der Waals surface area contributed by atoms with Gasteiger partial charge in [-0.05, 0) is 41.1 Å². The summed E-state index contributed by atoms with van der Waals surface area (Å²) in [6.07, 6.45) is 0.493. The van der Waals surface area contributed by atoms with Gasteiger partial charge in [0.15, 0.2) is 5.01 Å². The lowest BCUT2D eigenvalue weighted by molar-refractivity contribution is -0.113. The van der Waals surface area contributed by atoms with Crippen molar-refractivity contribution in [1.82, 2.24) is 10.2 Å². The van der Waals surface area contributed by atoms with Crippen LogP contribution in [-0.2, 0) is 11.2 Å². The molecule has 2 N–H and O–H groups in total. The molecule has 0 bridgehead atoms. The van der Waals surface area contributed by atoms with Gasteiger partial charge >= 0.3 is 0 Å². The van der Waals surface area contributed by atoms with Crippen molar-refractivity contribution in [2.75, 3.05) is 6.61 Å². The number of aliphatic hydroxyl groups is 2. The van der Waals surface area contributed by atoms with Crippen LogP contribution < -0.4 is 0 Å². The number of aliphatic hydroxyl groups excluding tert-OH is 2. The number of rotatable bonds is 5. The summed E-state index contributed by atoms with van der Waals surface area (Å²) in [4.78, 5) is 1.16. The number of thiophene rings is 1. The Bertz CT molecular complexity index is 959. The Hall–Kier alpha value is -1.35. The molecule has 0 radical (unpaired) electrons. The summed E-state index contributed by atoms with van der Waals surface area (Å²) in [6.45, 7) is 1.98. The molecule has 2 aromatic heterocycles. The van der Waals surface area contributed by atoms with Crippen molar-refractivity contribution in [1.29, 1.82) is 0 Å². The molecule has 1 aliphatic heterocycles. The van der Waals surface area contributed by atoms with Gasteiger partial charge in [0.1, 0.15) is 5.01 Å². The molecule has 1 fully saturated rings. The first-order chi connectivity index (χ1) is 13.5. The molecule has 0 spiro atoms. The summed E-state index contributed by atoms with van der Waals surface area (Å²) in [7, 11) is 0. The molecular formula is C20H21ClN2O3S2. The van der Waals surface area contributed by atoms with Gasteiger partial charge in [0.2, 0.25) is 0 Å². The molecule has 8 heteroatoms. The van der Waals surface area contributed by atoms with E-state index in [4.69, 9.17) is 16.3 Å². The van der Waals surface area contributed by atoms with Crippen molar-refractivity contribution < 1.29 is 14.9 Å². The Morgan fingerprint density at radius 1 is 1.25 bits per heavy atom. The van der Waals surface area contributed by atoms with E-state index in [0.717, 1.165) is 26.0 Å². The average Bonchev–Trinajstić information content (AvgIpc) is 3.31. The van der Waals surface area contributed by atoms with E-state index in [1.54, 1.807) is 22.7 Å². The lowest BCUT2D eigenvalue weighted by Gasteiger charge is -2.32. The molecule has 148 valence electrons. The Kier molecular flexibility index (Phi) is 6.10. The lowest BCUT2D eigenvalue weighted by atomic mass is 9.95. The number of halogens is 1. The van der Waals surface area contributed by atoms with Crippen LogP contribution >= 0.6 is 34.3 Å². The van der Waals surface area contributed by atoms with E-state index in [9.17, 15) is 10.2 Å². The highest BCUT2D eigenvalue weighted by Gasteiger charge is 2.29. The van der Waals surface area contributed by atoms with Gasteiger partial charge in [-0.3, -0.25) is 0 Å². The molecule has 28 heavy (non-hydrogen) atoms. The van der Waals surface area contributed by atoms with E-state index in [0.29, 0.717) is 24.3 Å². The van der Waals surface area contributed by atoms with Crippen molar-refractivity contribution in [2.24, 2.45) is 0 Å². The molecule has 3 heterocycles. The molecule has 1 aromatic carbocycles. The van der Waals surface area contributed by atoms with Crippen LogP contribution in [0.5, 0.6) is 0 Å². The van der Waals surface area contributed by atoms with Crippen molar-refractivity contribution in [3.05, 3.63) is 56.4 Å². The monoisotopic (exact) mass is 436 g/mol. The van der Waals surface area contributed by atoms with Crippen LogP contribution in [0.1, 0.15) is 40.6 Å². The Morgan fingerprint density at radius 3 is 2.86 bits per heavy atom. The highest BCUT2D eigenvalue weighted by molar-refractivity contribution is 7.20. The zero-order valence-corrected chi connectivity index (χ0v) is 17.7. The van der Waals surface area contributed by atoms with Crippen LogP contribution in [0.25, 0.3) is 9.88 Å². The summed E-state index contributed by atoms with van der Waals surface area (Å²) in [5.74, 6) is 0. The molecule has 3 unspecified atom stereocenters. The van der Waals surface area contributed by atoms with Gasteiger partial charge in [0.25, 0.3) is 0 Å². The van der Waals surface area contributed by atoms with Gasteiger partial charge < -0.3 is 14.9 Å². The summed E-state index contributed by atoms with van der Waals surface area (Å²) in [6, 6.07) is 7.87. The van der Waals surface area contributed by atoms with Gasteiger partial charge in [0, 0.05) is 24.3 Å². The van der Waals surface area contributed by atoms with Gasteiger partial charge in [-0.25, -0.2) is 0 Å². The average molecular weight is 437 g/mol. The normalized spacial score (nSPS) is 22.5. The summed E-state index contributed by atoms with van der Waals surface area (Å²) >= 11 is 9.68. The minimum absolute atomic E-state index is 0.0935. The quantitative estimate of drug-likeness (QED) is 0.620. The van der Waals surface area contributed by atoms with E-state index in [1.165, 1.54) is 5.56 Å². The van der Waals surface area contributed by atoms with Crippen molar-refractivity contribution in [3.8, 4) is 9.88 Å². The van der Waals surface area contributed by atoms with E-state index in [1.807, 2.05) is 18.2 Å². The smallest absolute Gasteiger partial charge is 0.158 e. The third kappa shape index (κ3) is 4.30. The van der Waals surface area contributed by atoms with Crippen LogP contribution in [0.15, 0.2) is 29.6 Å². The molecular weight excluding hydrogens is 416 g/mol. The maximum absolute atomic E-state index is 10.1. The molecule has 0 saturated carbocycles. The van der Waals surface area contributed by atoms with Crippen LogP contribution in [0.2, 0.25) is 5.02 Å². The Balaban J connectivity index is 1.55. The van der Waals surface area contributed by atoms with E-state index >= 15 is 0 Å². The second-order valence-corrected chi connectivity index (χ2v) is 9.40. The fourth-order valence-corrected chi connectivity index (χ4v) is 5.55. The highest BCUT2D eigenvalue weighted by Crippen LogP contribution is 2.35. The highest BCUT2D eigenvalue weighted by atomic mass is 35.5. The standard InChI is InChI=1S/C20H21ClN2O3S2/c1-11-4-5-27-19(11)20-23-22-18(28-20)7-13-6-12(2-3-16(13)21)17-9-14(25)8-15(10-24)26-17/h2-6,14-15,17,24-25H,7-10H2,1H3. The maximum atomic E-state index is 10.1. The first-order valence-corrected chi connectivity index (χ1v) is 11.2. The van der Waals surface area contributed by atoms with Crippen molar-refractivity contribution >= 4 is 34.3 Å². The van der Waals surface area contributed by atoms with Crippen LogP contribution in [0, 0.1) is 6.92 Å². The maximum Gasteiger partial charge on any atom is 0.158 e. The second kappa shape index (κ2) is 8.57. The minimum Gasteiger partial charge on any atom is -0.394 e. The first kappa shape index (κ1) is 19.9. The predicted molar refractivity (Wildman–Crippen MR) is 112 cm³/mol. The van der Waals surface area contributed by atoms with Crippen molar-refractivity contribution in [3.63, 3.8) is 0 Å². The van der Waals surface area contributed by atoms with E-state index in [-0.39, 0.29) is 18.8 Å². The van der Waals surface area contributed by atoms with Gasteiger partial charge in [-0.2, -0.15) is 0 Å². The van der Waals surface area contributed by atoms with Gasteiger partial charge in [-0.1, -0.05) is 35.1 Å². The third-order valence-corrected chi connectivity index (χ3v) is 7.35. The third-order valence-electron chi connectivity index (χ3n) is 4.89. The number of aromatic nitrogens is 2. The number of hydrogen-bond donors (Lipinski definition) is 2. The number of benzene rings is 1. The summed E-state index contributed by atoms with van der Waals surface area (Å²) in [5, 5.41) is 32.7. The number of hydrogen-bond acceptors (Lipinski definition) is 7. The molecule has 3 atom stereocenters. The van der Waals surface area contributed by atoms with Crippen LogP contribution in [0.4, 0.5) is 0 Å². The number of ether oxygens (including phenoxy) is 1. The summed E-state index contributed by atoms with van der Waals surface area (Å²) in [5.41, 5.74) is 3.11. The van der Waals surface area contributed by atoms with E-state index < -0.39 is 6.10 Å². The molecule has 1 aliphatic rings. The zero-order valence-electron chi connectivity index (χ0n) is 15.3. The van der Waals surface area contributed by atoms with E-state index in [2.05, 4.69) is 28.6 Å². The molecule has 0 amide bonds. The molecule has 1 saturated heterocycles. The topological polar surface area (TPSA) is 75.5 Å². The van der Waals surface area contributed by atoms with Crippen molar-refractivity contribution in [2.45, 2.75) is 44.5 Å². The largest absolute Gasteiger partial charge is 0.394 e. The van der Waals surface area contributed by atoms with Gasteiger partial charge in [0.05, 0.1) is 29.8 Å². The predicted octanol–water partition coefficient (Wildman–Crippen LogP) is 4.39. The summed E-state index contributed by atoms with van der Waals surface area (Å²) < 4.78 is 5.93. The lowest BCUT2D eigenvalue weighted by Crippen LogP contribution is -2.33. The van der Waals surface area contributed by atoms with Crippen LogP contribution in [0.3, 0.4) is 0 Å².